The molecule has 12 nitrogen and oxygen atoms in total. The number of thioether (sulfide) groups is 1. The molecule has 310 valence electrons. The van der Waals surface area contributed by atoms with Gasteiger partial charge in [0.05, 0.1) is 56.5 Å². The van der Waals surface area contributed by atoms with E-state index in [1.54, 1.807) is 25.2 Å². The standard InChI is InChI=1S/C41H39F4N4O8PS/c1-4-17-54-58(51,55-18-5-2)56-22-31-10-8-11-35(43)39(31)40(50)57-41(25-49-27-47-26-48-49,34-16-15-32(42)20-37(34)45)28(3)59-33-23-52-38(53-24-33)12-7-6-9-30-14-13-29(21-46)19-36(30)44/h4-16,19-20,26-28,33,38H,1-2,17-18,22-25H2,3H3. The predicted molar refractivity (Wildman–Crippen MR) is 210 cm³/mol. The third-order valence-corrected chi connectivity index (χ3v) is 11.5. The van der Waals surface area contributed by atoms with Crippen LogP contribution in [-0.2, 0) is 51.1 Å². The number of hydrogen-bond acceptors (Lipinski definition) is 12. The maximum Gasteiger partial charge on any atom is 0.475 e. The molecule has 0 N–H and O–H groups in total. The predicted octanol–water partition coefficient (Wildman–Crippen LogP) is 8.62. The third kappa shape index (κ3) is 12.0. The number of nitrogens with zero attached hydrogens (tertiary/aromatic N) is 4. The summed E-state index contributed by atoms with van der Waals surface area (Å²) in [7, 11) is -4.27. The van der Waals surface area contributed by atoms with E-state index in [1.165, 1.54) is 71.6 Å². The highest BCUT2D eigenvalue weighted by Crippen LogP contribution is 2.50. The van der Waals surface area contributed by atoms with Gasteiger partial charge in [-0.15, -0.1) is 24.9 Å². The molecule has 0 saturated carbocycles. The molecule has 1 fully saturated rings. The molecular formula is C41H39F4N4O8PS. The molecule has 1 saturated heterocycles. The Labute approximate surface area is 342 Å². The molecule has 0 amide bonds. The molecule has 2 heterocycles. The summed E-state index contributed by atoms with van der Waals surface area (Å²) in [5.41, 5.74) is -2.52. The second kappa shape index (κ2) is 21.2. The van der Waals surface area contributed by atoms with Crippen molar-refractivity contribution in [3.05, 3.63) is 162 Å². The van der Waals surface area contributed by atoms with E-state index in [9.17, 15) is 18.1 Å². The van der Waals surface area contributed by atoms with Gasteiger partial charge in [0, 0.05) is 22.4 Å². The lowest BCUT2D eigenvalue weighted by atomic mass is 9.89. The number of esters is 1. The van der Waals surface area contributed by atoms with Crippen LogP contribution in [0.25, 0.3) is 6.08 Å². The molecule has 2 atom stereocenters. The van der Waals surface area contributed by atoms with Gasteiger partial charge in [0.1, 0.15) is 41.5 Å². The molecule has 0 bridgehead atoms. The molecule has 2 unspecified atom stereocenters. The molecule has 18 heteroatoms. The molecular weight excluding hydrogens is 816 g/mol. The van der Waals surface area contributed by atoms with Crippen LogP contribution in [0.3, 0.4) is 0 Å². The van der Waals surface area contributed by atoms with E-state index in [2.05, 4.69) is 23.2 Å². The molecule has 4 aromatic rings. The SMILES string of the molecule is C=CCOP(=O)(OCC=C)OCc1cccc(F)c1C(=O)OC(Cn1cncn1)(c1ccc(F)cc1F)C(C)SC1COC(C=CC=Cc2ccc(C#N)cc2F)OC1. The Bertz CT molecular complexity index is 2230. The van der Waals surface area contributed by atoms with Crippen molar-refractivity contribution in [1.82, 2.24) is 14.8 Å². The van der Waals surface area contributed by atoms with Crippen molar-refractivity contribution in [2.45, 2.75) is 42.5 Å². The monoisotopic (exact) mass is 854 g/mol. The van der Waals surface area contributed by atoms with Gasteiger partial charge in [-0.25, -0.2) is 36.6 Å². The molecule has 1 aliphatic rings. The van der Waals surface area contributed by atoms with Gasteiger partial charge in [-0.2, -0.15) is 10.4 Å². The van der Waals surface area contributed by atoms with Gasteiger partial charge in [-0.05, 0) is 48.9 Å². The maximum absolute atomic E-state index is 16.0. The van der Waals surface area contributed by atoms with Crippen molar-refractivity contribution in [3.63, 3.8) is 0 Å². The van der Waals surface area contributed by atoms with Crippen LogP contribution < -0.4 is 0 Å². The number of nitriles is 1. The summed E-state index contributed by atoms with van der Waals surface area (Å²) in [5.74, 6) is -4.80. The first kappa shape index (κ1) is 44.9. The lowest BCUT2D eigenvalue weighted by Crippen LogP contribution is -2.47. The summed E-state index contributed by atoms with van der Waals surface area (Å²) in [6.07, 6.45) is 10.7. The second-order valence-corrected chi connectivity index (χ2v) is 16.0. The molecule has 0 aliphatic carbocycles. The van der Waals surface area contributed by atoms with Gasteiger partial charge in [0.25, 0.3) is 0 Å². The number of halogens is 4. The summed E-state index contributed by atoms with van der Waals surface area (Å²) in [6, 6.07) is 12.4. The van der Waals surface area contributed by atoms with Crippen LogP contribution in [-0.4, -0.2) is 64.0 Å². The summed E-state index contributed by atoms with van der Waals surface area (Å²) in [5, 5.41) is 11.8. The largest absolute Gasteiger partial charge is 0.475 e. The molecule has 0 spiro atoms. The Kier molecular flexibility index (Phi) is 16.1. The highest BCUT2D eigenvalue weighted by Gasteiger charge is 2.47. The number of benzene rings is 3. The number of phosphoric ester groups is 1. The first-order valence-electron chi connectivity index (χ1n) is 17.9. The second-order valence-electron chi connectivity index (χ2n) is 12.7. The summed E-state index contributed by atoms with van der Waals surface area (Å²) in [4.78, 5) is 18.3. The molecule has 1 aromatic heterocycles. The van der Waals surface area contributed by atoms with Crippen molar-refractivity contribution < 1.29 is 54.7 Å². The van der Waals surface area contributed by atoms with E-state index in [0.29, 0.717) is 6.07 Å². The maximum atomic E-state index is 16.0. The van der Waals surface area contributed by atoms with Crippen LogP contribution in [0.2, 0.25) is 0 Å². The average Bonchev–Trinajstić information content (AvgIpc) is 3.74. The van der Waals surface area contributed by atoms with Crippen molar-refractivity contribution in [1.29, 1.82) is 5.26 Å². The Hall–Kier alpha value is -5.18. The first-order chi connectivity index (χ1) is 28.4. The Morgan fingerprint density at radius 2 is 1.78 bits per heavy atom. The van der Waals surface area contributed by atoms with Crippen molar-refractivity contribution >= 4 is 31.6 Å². The number of phosphoric acid groups is 1. The minimum absolute atomic E-state index is 0.112. The smallest absolute Gasteiger partial charge is 0.447 e. The Morgan fingerprint density at radius 3 is 2.42 bits per heavy atom. The number of carbonyl (C=O) groups excluding carboxylic acids is 1. The van der Waals surface area contributed by atoms with Crippen LogP contribution in [0.5, 0.6) is 0 Å². The van der Waals surface area contributed by atoms with Gasteiger partial charge >= 0.3 is 13.8 Å². The fraction of sp³-hybridized carbons (Fsp3) is 0.268. The van der Waals surface area contributed by atoms with Crippen LogP contribution >= 0.6 is 19.6 Å². The lowest BCUT2D eigenvalue weighted by molar-refractivity contribution is -0.146. The number of rotatable bonds is 20. The molecule has 59 heavy (non-hydrogen) atoms. The topological polar surface area (TPSA) is 144 Å². The zero-order valence-corrected chi connectivity index (χ0v) is 33.3. The highest BCUT2D eigenvalue weighted by molar-refractivity contribution is 8.00. The quantitative estimate of drug-likeness (QED) is 0.0276. The van der Waals surface area contributed by atoms with E-state index in [-0.39, 0.29) is 55.2 Å². The lowest BCUT2D eigenvalue weighted by Gasteiger charge is -2.40. The highest BCUT2D eigenvalue weighted by atomic mass is 32.2. The Balaban J connectivity index is 1.40. The fourth-order valence-electron chi connectivity index (χ4n) is 5.81. The van der Waals surface area contributed by atoms with Crippen LogP contribution in [0.4, 0.5) is 17.6 Å². The summed E-state index contributed by atoms with van der Waals surface area (Å²) >= 11 is 1.21. The zero-order chi connectivity index (χ0) is 42.4. The third-order valence-electron chi connectivity index (χ3n) is 8.64. The van der Waals surface area contributed by atoms with E-state index in [0.717, 1.165) is 24.3 Å². The number of carbonyl (C=O) groups is 1. The molecule has 3 aromatic carbocycles. The van der Waals surface area contributed by atoms with E-state index >= 15 is 8.78 Å². The van der Waals surface area contributed by atoms with Crippen molar-refractivity contribution in [3.8, 4) is 6.07 Å². The van der Waals surface area contributed by atoms with E-state index in [4.69, 9.17) is 33.0 Å². The minimum Gasteiger partial charge on any atom is -0.447 e. The van der Waals surface area contributed by atoms with Gasteiger partial charge in [-0.3, -0.25) is 13.6 Å². The fourth-order valence-corrected chi connectivity index (χ4v) is 8.27. The number of aromatic nitrogens is 3. The zero-order valence-electron chi connectivity index (χ0n) is 31.6. The normalized spacial score (nSPS) is 17.4. The minimum atomic E-state index is -4.27. The molecule has 5 rings (SSSR count). The summed E-state index contributed by atoms with van der Waals surface area (Å²) in [6.45, 7) is 7.46. The van der Waals surface area contributed by atoms with Crippen LogP contribution in [0.15, 0.2) is 111 Å². The van der Waals surface area contributed by atoms with Gasteiger partial charge < -0.3 is 14.2 Å². The van der Waals surface area contributed by atoms with E-state index in [1.807, 2.05) is 6.07 Å². The number of ether oxygens (including phenoxy) is 3. The average molecular weight is 855 g/mol. The number of allylic oxidation sites excluding steroid dienone is 2. The van der Waals surface area contributed by atoms with E-state index < -0.39 is 71.6 Å². The van der Waals surface area contributed by atoms with Gasteiger partial charge in [-0.1, -0.05) is 48.6 Å². The van der Waals surface area contributed by atoms with Gasteiger partial charge in [0.15, 0.2) is 11.9 Å². The first-order valence-corrected chi connectivity index (χ1v) is 20.3. The number of hydrogen-bond donors (Lipinski definition) is 0. The Morgan fingerprint density at radius 1 is 1.03 bits per heavy atom. The summed E-state index contributed by atoms with van der Waals surface area (Å²) < 4.78 is 109. The van der Waals surface area contributed by atoms with Crippen molar-refractivity contribution in [2.24, 2.45) is 0 Å². The van der Waals surface area contributed by atoms with Gasteiger partial charge in [0.2, 0.25) is 0 Å². The molecule has 1 aliphatic heterocycles. The molecule has 0 radical (unpaired) electrons. The van der Waals surface area contributed by atoms with Crippen LogP contribution in [0, 0.1) is 34.6 Å². The van der Waals surface area contributed by atoms with Crippen molar-refractivity contribution in [2.75, 3.05) is 26.4 Å². The van der Waals surface area contributed by atoms with Crippen LogP contribution in [0.1, 0.15) is 39.5 Å².